The molecular weight excluding hydrogens is 455 g/mol. The highest BCUT2D eigenvalue weighted by atomic mass is 127. The zero-order valence-electron chi connectivity index (χ0n) is 17.6. The molecule has 0 radical (unpaired) electrons. The molecule has 158 valence electrons. The Morgan fingerprint density at radius 1 is 1.00 bits per heavy atom. The molecule has 0 bridgehead atoms. The second-order valence-electron chi connectivity index (χ2n) is 6.71. The first-order chi connectivity index (χ1) is 12.7. The Morgan fingerprint density at radius 3 is 2.22 bits per heavy atom. The number of hydrogen-bond acceptors (Lipinski definition) is 4. The Labute approximate surface area is 182 Å². The molecule has 1 heterocycles. The highest BCUT2D eigenvalue weighted by Gasteiger charge is 2.05. The smallest absolute Gasteiger partial charge is 0.191 e. The third-order valence-electron chi connectivity index (χ3n) is 4.45. The molecule has 0 amide bonds. The monoisotopic (exact) mass is 494 g/mol. The molecule has 0 aliphatic heterocycles. The van der Waals surface area contributed by atoms with E-state index in [1.807, 2.05) is 18.5 Å². The summed E-state index contributed by atoms with van der Waals surface area (Å²) in [5, 5.41) is 15.1. The number of nitrogens with one attached hydrogen (secondary N) is 2. The minimum Gasteiger partial charge on any atom is -0.385 e. The van der Waals surface area contributed by atoms with Gasteiger partial charge in [0.2, 0.25) is 0 Å². The zero-order valence-corrected chi connectivity index (χ0v) is 19.9. The summed E-state index contributed by atoms with van der Waals surface area (Å²) < 4.78 is 7.08. The van der Waals surface area contributed by atoms with Crippen molar-refractivity contribution in [2.75, 3.05) is 26.8 Å². The van der Waals surface area contributed by atoms with Crippen LogP contribution in [0, 0.1) is 6.92 Å². The highest BCUT2D eigenvalue weighted by Crippen LogP contribution is 2.06. The van der Waals surface area contributed by atoms with E-state index < -0.39 is 0 Å². The number of hydrogen-bond donors (Lipinski definition) is 2. The lowest BCUT2D eigenvalue weighted by Gasteiger charge is -2.12. The molecule has 0 aliphatic rings. The van der Waals surface area contributed by atoms with Crippen molar-refractivity contribution in [2.45, 2.75) is 71.8 Å². The van der Waals surface area contributed by atoms with Gasteiger partial charge >= 0.3 is 0 Å². The van der Waals surface area contributed by atoms with Crippen LogP contribution >= 0.6 is 24.0 Å². The fourth-order valence-corrected chi connectivity index (χ4v) is 2.62. The molecule has 0 atom stereocenters. The maximum atomic E-state index is 5.10. The molecule has 2 N–H and O–H groups in total. The number of guanidine groups is 1. The van der Waals surface area contributed by atoms with Gasteiger partial charge < -0.3 is 19.9 Å². The van der Waals surface area contributed by atoms with Gasteiger partial charge in [-0.15, -0.1) is 34.2 Å². The standard InChI is InChI=1S/C19H38N6O.HI/c1-5-6-7-8-9-10-11-13-20-19(21-14-12-15-26-4)22-16-18-24-23-17(2)25(18)3;/h5-16H2,1-4H3,(H2,20,21,22);1H. The van der Waals surface area contributed by atoms with Gasteiger partial charge in [0.25, 0.3) is 0 Å². The summed E-state index contributed by atoms with van der Waals surface area (Å²) in [6.07, 6.45) is 10.1. The van der Waals surface area contributed by atoms with E-state index in [1.165, 1.54) is 44.9 Å². The van der Waals surface area contributed by atoms with Gasteiger partial charge in [-0.25, -0.2) is 4.99 Å². The molecule has 27 heavy (non-hydrogen) atoms. The minimum atomic E-state index is 0. The van der Waals surface area contributed by atoms with Crippen molar-refractivity contribution >= 4 is 29.9 Å². The van der Waals surface area contributed by atoms with Crippen molar-refractivity contribution in [3.63, 3.8) is 0 Å². The Bertz CT molecular complexity index is 506. The van der Waals surface area contributed by atoms with Gasteiger partial charge in [0.05, 0.1) is 0 Å². The second-order valence-corrected chi connectivity index (χ2v) is 6.71. The SMILES string of the molecule is CCCCCCCCCNC(=NCc1nnc(C)n1C)NCCCOC.I. The summed E-state index contributed by atoms with van der Waals surface area (Å²) in [4.78, 5) is 4.65. The van der Waals surface area contributed by atoms with E-state index in [1.54, 1.807) is 7.11 Å². The van der Waals surface area contributed by atoms with Crippen LogP contribution in [0.1, 0.15) is 69.9 Å². The van der Waals surface area contributed by atoms with Gasteiger partial charge in [-0.2, -0.15) is 0 Å². The molecule has 1 rings (SSSR count). The molecule has 8 heteroatoms. The van der Waals surface area contributed by atoms with E-state index in [2.05, 4.69) is 32.7 Å². The van der Waals surface area contributed by atoms with Gasteiger partial charge in [-0.1, -0.05) is 45.4 Å². The summed E-state index contributed by atoms with van der Waals surface area (Å²) in [5.74, 6) is 2.62. The average Bonchev–Trinajstić information content (AvgIpc) is 2.96. The summed E-state index contributed by atoms with van der Waals surface area (Å²) >= 11 is 0. The lowest BCUT2D eigenvalue weighted by atomic mass is 10.1. The van der Waals surface area contributed by atoms with E-state index in [9.17, 15) is 0 Å². The van der Waals surface area contributed by atoms with Gasteiger partial charge in [0.15, 0.2) is 11.8 Å². The van der Waals surface area contributed by atoms with E-state index in [4.69, 9.17) is 4.74 Å². The summed E-state index contributed by atoms with van der Waals surface area (Å²) in [6, 6.07) is 0. The van der Waals surface area contributed by atoms with Crippen LogP contribution in [0.5, 0.6) is 0 Å². The number of aliphatic imine (C=N–C) groups is 1. The third kappa shape index (κ3) is 12.2. The van der Waals surface area contributed by atoms with Gasteiger partial charge in [-0.3, -0.25) is 0 Å². The zero-order chi connectivity index (χ0) is 19.0. The maximum absolute atomic E-state index is 5.10. The van der Waals surface area contributed by atoms with Crippen LogP contribution in [0.2, 0.25) is 0 Å². The van der Waals surface area contributed by atoms with Crippen molar-refractivity contribution < 1.29 is 4.74 Å². The predicted octanol–water partition coefficient (Wildman–Crippen LogP) is 3.56. The van der Waals surface area contributed by atoms with Crippen molar-refractivity contribution in [3.05, 3.63) is 11.6 Å². The first-order valence-electron chi connectivity index (χ1n) is 10.0. The van der Waals surface area contributed by atoms with E-state index >= 15 is 0 Å². The lowest BCUT2D eigenvalue weighted by Crippen LogP contribution is -2.38. The minimum absolute atomic E-state index is 0. The van der Waals surface area contributed by atoms with Crippen molar-refractivity contribution in [3.8, 4) is 0 Å². The fourth-order valence-electron chi connectivity index (χ4n) is 2.62. The summed E-state index contributed by atoms with van der Waals surface area (Å²) in [7, 11) is 3.70. The van der Waals surface area contributed by atoms with Crippen molar-refractivity contribution in [1.29, 1.82) is 0 Å². The first-order valence-corrected chi connectivity index (χ1v) is 10.0. The third-order valence-corrected chi connectivity index (χ3v) is 4.45. The summed E-state index contributed by atoms with van der Waals surface area (Å²) in [6.45, 7) is 7.26. The maximum Gasteiger partial charge on any atom is 0.191 e. The number of ether oxygens (including phenoxy) is 1. The number of rotatable bonds is 14. The van der Waals surface area contributed by atoms with Crippen molar-refractivity contribution in [1.82, 2.24) is 25.4 Å². The van der Waals surface area contributed by atoms with Crippen LogP contribution in [0.25, 0.3) is 0 Å². The van der Waals surface area contributed by atoms with Gasteiger partial charge in [-0.05, 0) is 19.8 Å². The number of methoxy groups -OCH3 is 1. The average molecular weight is 494 g/mol. The Balaban J connectivity index is 0.00000676. The number of nitrogens with zero attached hydrogens (tertiary/aromatic N) is 4. The molecule has 7 nitrogen and oxygen atoms in total. The molecule has 0 unspecified atom stereocenters. The molecular formula is C19H39IN6O. The number of aromatic nitrogens is 3. The number of unbranched alkanes of at least 4 members (excludes halogenated alkanes) is 6. The van der Waals surface area contributed by atoms with Crippen LogP contribution in [-0.4, -0.2) is 47.5 Å². The van der Waals surface area contributed by atoms with E-state index in [0.29, 0.717) is 6.54 Å². The second kappa shape index (κ2) is 17.2. The topological polar surface area (TPSA) is 76.4 Å². The van der Waals surface area contributed by atoms with E-state index in [-0.39, 0.29) is 24.0 Å². The van der Waals surface area contributed by atoms with Crippen LogP contribution in [0.4, 0.5) is 0 Å². The Kier molecular flexibility index (Phi) is 16.6. The largest absolute Gasteiger partial charge is 0.385 e. The van der Waals surface area contributed by atoms with Crippen LogP contribution in [-0.2, 0) is 18.3 Å². The highest BCUT2D eigenvalue weighted by molar-refractivity contribution is 14.0. The molecule has 0 spiro atoms. The molecule has 0 saturated carbocycles. The van der Waals surface area contributed by atoms with Crippen LogP contribution in [0.15, 0.2) is 4.99 Å². The molecule has 0 aliphatic carbocycles. The van der Waals surface area contributed by atoms with Gasteiger partial charge in [0.1, 0.15) is 12.4 Å². The van der Waals surface area contributed by atoms with E-state index in [0.717, 1.165) is 43.7 Å². The normalized spacial score (nSPS) is 11.3. The molecule has 0 saturated heterocycles. The molecule has 0 aromatic carbocycles. The van der Waals surface area contributed by atoms with Crippen LogP contribution in [0.3, 0.4) is 0 Å². The molecule has 1 aromatic heterocycles. The first kappa shape index (κ1) is 26.1. The molecule has 0 fully saturated rings. The number of aryl methyl sites for hydroxylation is 1. The lowest BCUT2D eigenvalue weighted by molar-refractivity contribution is 0.195. The predicted molar refractivity (Wildman–Crippen MR) is 123 cm³/mol. The van der Waals surface area contributed by atoms with Crippen LogP contribution < -0.4 is 10.6 Å². The molecule has 1 aromatic rings. The fraction of sp³-hybridized carbons (Fsp3) is 0.842. The Morgan fingerprint density at radius 2 is 1.63 bits per heavy atom. The summed E-state index contributed by atoms with van der Waals surface area (Å²) in [5.41, 5.74) is 0. The number of halogens is 1. The van der Waals surface area contributed by atoms with Gasteiger partial charge in [0, 0.05) is 33.9 Å². The Hall–Kier alpha value is -0.900. The quantitative estimate of drug-likeness (QED) is 0.179. The van der Waals surface area contributed by atoms with Crippen molar-refractivity contribution in [2.24, 2.45) is 12.0 Å².